The van der Waals surface area contributed by atoms with E-state index in [2.05, 4.69) is 6.92 Å². The Labute approximate surface area is 121 Å². The van der Waals surface area contributed by atoms with Crippen molar-refractivity contribution in [2.45, 2.75) is 27.7 Å². The van der Waals surface area contributed by atoms with Crippen LogP contribution >= 0.6 is 23.5 Å². The standard InChI is InChI=1S/C15H16O2S2/c1-2-15(18-13-7-3-11(16)4-8-13)19-14-9-5-12(17)6-10-14/h3-10,15-17H,2H2,1H3. The summed E-state index contributed by atoms with van der Waals surface area (Å²) in [6.07, 6.45) is 1.04. The highest BCUT2D eigenvalue weighted by atomic mass is 32.2. The van der Waals surface area contributed by atoms with Crippen LogP contribution in [0.25, 0.3) is 0 Å². The van der Waals surface area contributed by atoms with Gasteiger partial charge in [0.05, 0.1) is 4.58 Å². The van der Waals surface area contributed by atoms with Crippen LogP contribution in [0.15, 0.2) is 58.3 Å². The van der Waals surface area contributed by atoms with Crippen LogP contribution in [0.2, 0.25) is 0 Å². The number of phenols is 2. The smallest absolute Gasteiger partial charge is 0.115 e. The molecule has 0 bridgehead atoms. The average Bonchev–Trinajstić information content (AvgIpc) is 2.43. The lowest BCUT2D eigenvalue weighted by Gasteiger charge is -2.14. The highest BCUT2D eigenvalue weighted by molar-refractivity contribution is 8.17. The number of benzene rings is 2. The fourth-order valence-electron chi connectivity index (χ4n) is 1.54. The fourth-order valence-corrected chi connectivity index (χ4v) is 3.93. The summed E-state index contributed by atoms with van der Waals surface area (Å²) >= 11 is 3.57. The minimum Gasteiger partial charge on any atom is -0.508 e. The Morgan fingerprint density at radius 2 is 1.16 bits per heavy atom. The maximum atomic E-state index is 9.27. The molecule has 0 amide bonds. The van der Waals surface area contributed by atoms with E-state index in [0.717, 1.165) is 16.2 Å². The van der Waals surface area contributed by atoms with E-state index in [0.29, 0.717) is 16.1 Å². The van der Waals surface area contributed by atoms with E-state index in [-0.39, 0.29) is 0 Å². The van der Waals surface area contributed by atoms with Gasteiger partial charge >= 0.3 is 0 Å². The first-order chi connectivity index (χ1) is 9.17. The number of rotatable bonds is 5. The molecule has 0 spiro atoms. The molecular weight excluding hydrogens is 276 g/mol. The van der Waals surface area contributed by atoms with E-state index in [4.69, 9.17) is 0 Å². The van der Waals surface area contributed by atoms with Crippen LogP contribution < -0.4 is 0 Å². The van der Waals surface area contributed by atoms with Crippen molar-refractivity contribution in [3.05, 3.63) is 48.5 Å². The zero-order chi connectivity index (χ0) is 13.7. The Morgan fingerprint density at radius 3 is 1.47 bits per heavy atom. The highest BCUT2D eigenvalue weighted by Crippen LogP contribution is 2.38. The van der Waals surface area contributed by atoms with Gasteiger partial charge in [0.2, 0.25) is 0 Å². The van der Waals surface area contributed by atoms with Crippen molar-refractivity contribution >= 4 is 23.5 Å². The zero-order valence-corrected chi connectivity index (χ0v) is 12.2. The molecule has 0 atom stereocenters. The van der Waals surface area contributed by atoms with Crippen molar-refractivity contribution in [3.8, 4) is 11.5 Å². The predicted octanol–water partition coefficient (Wildman–Crippen LogP) is 4.72. The molecular formula is C15H16O2S2. The molecule has 4 heteroatoms. The Balaban J connectivity index is 2.00. The first kappa shape index (κ1) is 14.2. The molecule has 2 N–H and O–H groups in total. The summed E-state index contributed by atoms with van der Waals surface area (Å²) < 4.78 is 0.411. The number of phenolic OH excluding ortho intramolecular Hbond substituents is 2. The molecule has 0 fully saturated rings. The van der Waals surface area contributed by atoms with Gasteiger partial charge in [0, 0.05) is 9.79 Å². The fraction of sp³-hybridized carbons (Fsp3) is 0.200. The first-order valence-electron chi connectivity index (χ1n) is 6.08. The van der Waals surface area contributed by atoms with E-state index in [9.17, 15) is 10.2 Å². The minimum absolute atomic E-state index is 0.295. The van der Waals surface area contributed by atoms with Gasteiger partial charge in [-0.2, -0.15) is 0 Å². The lowest BCUT2D eigenvalue weighted by molar-refractivity contribution is 0.474. The summed E-state index contributed by atoms with van der Waals surface area (Å²) in [6, 6.07) is 14.6. The average molecular weight is 292 g/mol. The molecule has 0 aromatic heterocycles. The summed E-state index contributed by atoms with van der Waals surface area (Å²) in [5.41, 5.74) is 0. The van der Waals surface area contributed by atoms with Gasteiger partial charge in [-0.15, -0.1) is 23.5 Å². The Kier molecular flexibility index (Phi) is 5.05. The van der Waals surface area contributed by atoms with Crippen molar-refractivity contribution < 1.29 is 10.2 Å². The number of thioether (sulfide) groups is 2. The molecule has 0 aliphatic heterocycles. The second-order valence-electron chi connectivity index (χ2n) is 4.06. The molecule has 2 rings (SSSR count). The lowest BCUT2D eigenvalue weighted by Crippen LogP contribution is -1.93. The molecule has 0 saturated heterocycles. The largest absolute Gasteiger partial charge is 0.508 e. The third kappa shape index (κ3) is 4.40. The molecule has 2 nitrogen and oxygen atoms in total. The second kappa shape index (κ2) is 6.78. The topological polar surface area (TPSA) is 40.5 Å². The number of hydrogen-bond donors (Lipinski definition) is 2. The van der Waals surface area contributed by atoms with Crippen LogP contribution in [0.3, 0.4) is 0 Å². The third-order valence-electron chi connectivity index (χ3n) is 2.54. The molecule has 2 aromatic carbocycles. The second-order valence-corrected chi connectivity index (χ2v) is 6.91. The summed E-state index contributed by atoms with van der Waals surface area (Å²) in [5.74, 6) is 0.590. The van der Waals surface area contributed by atoms with Crippen molar-refractivity contribution in [3.63, 3.8) is 0 Å². The SMILES string of the molecule is CCC(Sc1ccc(O)cc1)Sc1ccc(O)cc1. The van der Waals surface area contributed by atoms with Crippen LogP contribution in [0.5, 0.6) is 11.5 Å². The molecule has 0 heterocycles. The number of aromatic hydroxyl groups is 2. The molecule has 0 aliphatic rings. The summed E-state index contributed by atoms with van der Waals surface area (Å²) in [6.45, 7) is 2.16. The molecule has 0 unspecified atom stereocenters. The third-order valence-corrected chi connectivity index (χ3v) is 5.40. The zero-order valence-electron chi connectivity index (χ0n) is 10.6. The monoisotopic (exact) mass is 292 g/mol. The lowest BCUT2D eigenvalue weighted by atomic mass is 10.3. The Hall–Kier alpha value is -1.26. The van der Waals surface area contributed by atoms with Gasteiger partial charge in [-0.3, -0.25) is 0 Å². The first-order valence-corrected chi connectivity index (χ1v) is 7.84. The number of hydrogen-bond acceptors (Lipinski definition) is 4. The van der Waals surface area contributed by atoms with E-state index in [1.807, 2.05) is 24.3 Å². The molecule has 100 valence electrons. The predicted molar refractivity (Wildman–Crippen MR) is 82.0 cm³/mol. The quantitative estimate of drug-likeness (QED) is 0.618. The molecule has 0 radical (unpaired) electrons. The normalized spacial score (nSPS) is 10.8. The van der Waals surface area contributed by atoms with Crippen LogP contribution in [-0.4, -0.2) is 14.8 Å². The van der Waals surface area contributed by atoms with Crippen molar-refractivity contribution in [2.75, 3.05) is 0 Å². The van der Waals surface area contributed by atoms with Crippen LogP contribution in [0, 0.1) is 0 Å². The summed E-state index contributed by atoms with van der Waals surface area (Å²) in [5, 5.41) is 18.5. The van der Waals surface area contributed by atoms with Crippen LogP contribution in [0.4, 0.5) is 0 Å². The van der Waals surface area contributed by atoms with E-state index < -0.39 is 0 Å². The minimum atomic E-state index is 0.295. The van der Waals surface area contributed by atoms with E-state index in [1.54, 1.807) is 47.8 Å². The molecule has 19 heavy (non-hydrogen) atoms. The van der Waals surface area contributed by atoms with Crippen molar-refractivity contribution in [2.24, 2.45) is 0 Å². The maximum absolute atomic E-state index is 9.27. The molecule has 0 saturated carbocycles. The van der Waals surface area contributed by atoms with Gasteiger partial charge in [0.1, 0.15) is 11.5 Å². The molecule has 0 aliphatic carbocycles. The van der Waals surface area contributed by atoms with Gasteiger partial charge in [-0.25, -0.2) is 0 Å². The van der Waals surface area contributed by atoms with Crippen molar-refractivity contribution in [1.29, 1.82) is 0 Å². The highest BCUT2D eigenvalue weighted by Gasteiger charge is 2.10. The maximum Gasteiger partial charge on any atom is 0.115 e. The summed E-state index contributed by atoms with van der Waals surface area (Å²) in [4.78, 5) is 2.30. The van der Waals surface area contributed by atoms with Crippen LogP contribution in [0.1, 0.15) is 13.3 Å². The van der Waals surface area contributed by atoms with Gasteiger partial charge in [0.15, 0.2) is 0 Å². The van der Waals surface area contributed by atoms with E-state index >= 15 is 0 Å². The summed E-state index contributed by atoms with van der Waals surface area (Å²) in [7, 11) is 0. The van der Waals surface area contributed by atoms with E-state index in [1.165, 1.54) is 0 Å². The molecule has 2 aromatic rings. The Morgan fingerprint density at radius 1 is 0.789 bits per heavy atom. The van der Waals surface area contributed by atoms with Gasteiger partial charge < -0.3 is 10.2 Å². The van der Waals surface area contributed by atoms with Gasteiger partial charge in [-0.1, -0.05) is 6.92 Å². The van der Waals surface area contributed by atoms with Gasteiger partial charge in [0.25, 0.3) is 0 Å². The van der Waals surface area contributed by atoms with Crippen molar-refractivity contribution in [1.82, 2.24) is 0 Å². The Bertz CT molecular complexity index is 461. The van der Waals surface area contributed by atoms with Crippen LogP contribution in [-0.2, 0) is 0 Å². The van der Waals surface area contributed by atoms with Gasteiger partial charge in [-0.05, 0) is 55.0 Å².